The van der Waals surface area contributed by atoms with Crippen molar-refractivity contribution < 1.29 is 8.78 Å². The molecular formula is C11H18F2N4. The average Bonchev–Trinajstić information content (AvgIpc) is 2.36. The van der Waals surface area contributed by atoms with Crippen LogP contribution in [0.2, 0.25) is 0 Å². The Balaban J connectivity index is 2.75. The molecule has 0 unspecified atom stereocenters. The van der Waals surface area contributed by atoms with Crippen molar-refractivity contribution in [2.45, 2.75) is 38.7 Å². The minimum atomic E-state index is -2.64. The van der Waals surface area contributed by atoms with Crippen LogP contribution in [0.4, 0.5) is 14.6 Å². The first-order valence-corrected chi connectivity index (χ1v) is 5.64. The van der Waals surface area contributed by atoms with E-state index in [1.165, 1.54) is 12.4 Å². The fourth-order valence-corrected chi connectivity index (χ4v) is 1.40. The third-order valence-corrected chi connectivity index (χ3v) is 2.95. The zero-order chi connectivity index (χ0) is 12.9. The molecule has 4 nitrogen and oxygen atoms in total. The smallest absolute Gasteiger partial charge is 0.283 e. The highest BCUT2D eigenvalue weighted by Crippen LogP contribution is 2.23. The maximum Gasteiger partial charge on any atom is 0.283 e. The summed E-state index contributed by atoms with van der Waals surface area (Å²) in [6, 6.07) is 0. The topological polar surface area (TPSA) is 63.8 Å². The summed E-state index contributed by atoms with van der Waals surface area (Å²) < 4.78 is 25.3. The fraction of sp³-hybridized carbons (Fsp3) is 0.636. The lowest BCUT2D eigenvalue weighted by atomic mass is 9.94. The number of rotatable bonds is 6. The molecule has 1 aromatic rings. The zero-order valence-electron chi connectivity index (χ0n) is 10.1. The van der Waals surface area contributed by atoms with Crippen molar-refractivity contribution in [3.05, 3.63) is 18.1 Å². The number of nitrogens with one attached hydrogen (secondary N) is 1. The van der Waals surface area contributed by atoms with E-state index >= 15 is 0 Å². The van der Waals surface area contributed by atoms with Crippen molar-refractivity contribution in [3.8, 4) is 0 Å². The van der Waals surface area contributed by atoms with Gasteiger partial charge < -0.3 is 11.1 Å². The van der Waals surface area contributed by atoms with Gasteiger partial charge in [0.15, 0.2) is 5.82 Å². The van der Waals surface area contributed by atoms with Gasteiger partial charge in [0.1, 0.15) is 5.69 Å². The number of anilines is 1. The fourth-order valence-electron chi connectivity index (χ4n) is 1.40. The van der Waals surface area contributed by atoms with Crippen molar-refractivity contribution >= 4 is 5.82 Å². The van der Waals surface area contributed by atoms with Gasteiger partial charge >= 0.3 is 0 Å². The molecule has 1 rings (SSSR count). The summed E-state index contributed by atoms with van der Waals surface area (Å²) >= 11 is 0. The van der Waals surface area contributed by atoms with E-state index in [-0.39, 0.29) is 11.5 Å². The molecule has 0 radical (unpaired) electrons. The van der Waals surface area contributed by atoms with Crippen LogP contribution in [0, 0.1) is 0 Å². The highest BCUT2D eigenvalue weighted by atomic mass is 19.3. The number of aromatic nitrogens is 2. The highest BCUT2D eigenvalue weighted by Gasteiger charge is 2.22. The van der Waals surface area contributed by atoms with Gasteiger partial charge in [-0.15, -0.1) is 0 Å². The van der Waals surface area contributed by atoms with Crippen LogP contribution in [0.1, 0.15) is 38.8 Å². The standard InChI is InChI=1S/C11H18F2N4/c1-3-11(14,4-2)7-17-10-8(9(12)13)15-5-6-16-10/h5-6,9H,3-4,7,14H2,1-2H3,(H,16,17). The molecule has 96 valence electrons. The van der Waals surface area contributed by atoms with E-state index in [1.54, 1.807) is 0 Å². The van der Waals surface area contributed by atoms with Gasteiger partial charge in [-0.05, 0) is 12.8 Å². The highest BCUT2D eigenvalue weighted by molar-refractivity contribution is 5.40. The Morgan fingerprint density at radius 3 is 2.41 bits per heavy atom. The molecule has 0 aliphatic heterocycles. The Morgan fingerprint density at radius 2 is 1.88 bits per heavy atom. The van der Waals surface area contributed by atoms with Crippen LogP contribution < -0.4 is 11.1 Å². The van der Waals surface area contributed by atoms with Crippen LogP contribution in [-0.4, -0.2) is 22.1 Å². The summed E-state index contributed by atoms with van der Waals surface area (Å²) in [6.07, 6.45) is 1.52. The Bertz CT molecular complexity index is 353. The monoisotopic (exact) mass is 244 g/mol. The van der Waals surface area contributed by atoms with Gasteiger partial charge in [-0.25, -0.2) is 18.7 Å². The number of nitrogens with two attached hydrogens (primary N) is 1. The van der Waals surface area contributed by atoms with Crippen LogP contribution in [0.5, 0.6) is 0 Å². The van der Waals surface area contributed by atoms with E-state index in [0.717, 1.165) is 12.8 Å². The molecule has 0 aliphatic carbocycles. The van der Waals surface area contributed by atoms with E-state index in [1.807, 2.05) is 13.8 Å². The molecule has 0 aromatic carbocycles. The van der Waals surface area contributed by atoms with Crippen molar-refractivity contribution in [1.29, 1.82) is 0 Å². The molecule has 0 fully saturated rings. The molecule has 0 bridgehead atoms. The van der Waals surface area contributed by atoms with Crippen LogP contribution in [0.25, 0.3) is 0 Å². The Hall–Kier alpha value is -1.30. The molecule has 17 heavy (non-hydrogen) atoms. The number of halogens is 2. The largest absolute Gasteiger partial charge is 0.367 e. The van der Waals surface area contributed by atoms with E-state index in [4.69, 9.17) is 5.73 Å². The first-order valence-electron chi connectivity index (χ1n) is 5.64. The summed E-state index contributed by atoms with van der Waals surface area (Å²) in [5.41, 5.74) is 5.34. The second-order valence-electron chi connectivity index (χ2n) is 4.01. The van der Waals surface area contributed by atoms with Crippen molar-refractivity contribution in [1.82, 2.24) is 9.97 Å². The lowest BCUT2D eigenvalue weighted by Crippen LogP contribution is -2.45. The van der Waals surface area contributed by atoms with Crippen LogP contribution >= 0.6 is 0 Å². The van der Waals surface area contributed by atoms with E-state index in [0.29, 0.717) is 6.54 Å². The van der Waals surface area contributed by atoms with Gasteiger partial charge in [-0.3, -0.25) is 0 Å². The average molecular weight is 244 g/mol. The molecule has 0 amide bonds. The predicted molar refractivity (Wildman–Crippen MR) is 63.0 cm³/mol. The number of hydrogen-bond acceptors (Lipinski definition) is 4. The van der Waals surface area contributed by atoms with E-state index in [9.17, 15) is 8.78 Å². The maximum absolute atomic E-state index is 12.6. The van der Waals surface area contributed by atoms with Gasteiger partial charge in [-0.2, -0.15) is 0 Å². The maximum atomic E-state index is 12.6. The van der Waals surface area contributed by atoms with Crippen molar-refractivity contribution in [3.63, 3.8) is 0 Å². The summed E-state index contributed by atoms with van der Waals surface area (Å²) in [6.45, 7) is 4.34. The Labute approximate surface area is 99.6 Å². The molecule has 3 N–H and O–H groups in total. The van der Waals surface area contributed by atoms with Gasteiger partial charge in [0.2, 0.25) is 0 Å². The zero-order valence-corrected chi connectivity index (χ0v) is 10.1. The van der Waals surface area contributed by atoms with E-state index < -0.39 is 12.0 Å². The molecule has 1 heterocycles. The number of nitrogens with zero attached hydrogens (tertiary/aromatic N) is 2. The molecule has 0 saturated heterocycles. The summed E-state index contributed by atoms with van der Waals surface area (Å²) in [5, 5.41) is 2.86. The van der Waals surface area contributed by atoms with Gasteiger partial charge in [0.25, 0.3) is 6.43 Å². The minimum Gasteiger partial charge on any atom is -0.367 e. The summed E-state index contributed by atoms with van der Waals surface area (Å²) in [7, 11) is 0. The van der Waals surface area contributed by atoms with Crippen molar-refractivity contribution in [2.75, 3.05) is 11.9 Å². The lowest BCUT2D eigenvalue weighted by molar-refractivity contribution is 0.146. The molecule has 0 saturated carbocycles. The lowest BCUT2D eigenvalue weighted by Gasteiger charge is -2.27. The molecule has 0 aliphatic rings. The Morgan fingerprint density at radius 1 is 1.29 bits per heavy atom. The third kappa shape index (κ3) is 3.59. The van der Waals surface area contributed by atoms with Crippen LogP contribution in [0.3, 0.4) is 0 Å². The van der Waals surface area contributed by atoms with Crippen molar-refractivity contribution in [2.24, 2.45) is 5.73 Å². The molecule has 0 atom stereocenters. The van der Waals surface area contributed by atoms with Gasteiger partial charge in [0.05, 0.1) is 0 Å². The van der Waals surface area contributed by atoms with Crippen LogP contribution in [-0.2, 0) is 0 Å². The Kier molecular flexibility index (Phi) is 4.74. The number of alkyl halides is 2. The predicted octanol–water partition coefficient (Wildman–Crippen LogP) is 2.34. The van der Waals surface area contributed by atoms with Gasteiger partial charge in [0, 0.05) is 24.5 Å². The first-order chi connectivity index (χ1) is 8.02. The minimum absolute atomic E-state index is 0.110. The summed E-state index contributed by atoms with van der Waals surface area (Å²) in [4.78, 5) is 7.48. The second-order valence-corrected chi connectivity index (χ2v) is 4.01. The van der Waals surface area contributed by atoms with E-state index in [2.05, 4.69) is 15.3 Å². The van der Waals surface area contributed by atoms with Crippen LogP contribution in [0.15, 0.2) is 12.4 Å². The molecule has 6 heteroatoms. The number of hydrogen-bond donors (Lipinski definition) is 2. The third-order valence-electron chi connectivity index (χ3n) is 2.95. The quantitative estimate of drug-likeness (QED) is 0.806. The first kappa shape index (κ1) is 13.8. The molecule has 1 aromatic heterocycles. The molecule has 0 spiro atoms. The summed E-state index contributed by atoms with van der Waals surface area (Å²) in [5.74, 6) is 0.110. The SMILES string of the molecule is CCC(N)(CC)CNc1nccnc1C(F)F. The normalized spacial score (nSPS) is 11.9. The second kappa shape index (κ2) is 5.86. The molecular weight excluding hydrogens is 226 g/mol. The van der Waals surface area contributed by atoms with Gasteiger partial charge in [-0.1, -0.05) is 13.8 Å².